The SMILES string of the molecule is COc1cc(C(=O)O[C@H]2CCN(c3cncc(Cl)n3)C2)sc1Br. The van der Waals surface area contributed by atoms with Gasteiger partial charge < -0.3 is 14.4 Å². The fraction of sp³-hybridized carbons (Fsp3) is 0.357. The van der Waals surface area contributed by atoms with Gasteiger partial charge in [0.05, 0.1) is 26.0 Å². The summed E-state index contributed by atoms with van der Waals surface area (Å²) in [6.07, 6.45) is 3.69. The number of carbonyl (C=O) groups is 1. The number of hydrogen-bond donors (Lipinski definition) is 0. The summed E-state index contributed by atoms with van der Waals surface area (Å²) < 4.78 is 11.5. The van der Waals surface area contributed by atoms with Crippen LogP contribution in [0.25, 0.3) is 0 Å². The fourth-order valence-corrected chi connectivity index (χ4v) is 3.99. The van der Waals surface area contributed by atoms with Crippen molar-refractivity contribution >= 4 is 50.7 Å². The van der Waals surface area contributed by atoms with Crippen molar-refractivity contribution < 1.29 is 14.3 Å². The maximum atomic E-state index is 12.2. The van der Waals surface area contributed by atoms with Crippen LogP contribution in [0.4, 0.5) is 5.82 Å². The summed E-state index contributed by atoms with van der Waals surface area (Å²) in [5.74, 6) is 0.976. The maximum absolute atomic E-state index is 12.2. The van der Waals surface area contributed by atoms with Crippen LogP contribution in [0.2, 0.25) is 5.15 Å². The number of halogens is 2. The largest absolute Gasteiger partial charge is 0.495 e. The van der Waals surface area contributed by atoms with Crippen LogP contribution in [0.5, 0.6) is 5.75 Å². The fourth-order valence-electron chi connectivity index (χ4n) is 2.32. The molecular formula is C14H13BrClN3O3S. The van der Waals surface area contributed by atoms with Gasteiger partial charge >= 0.3 is 5.97 Å². The number of methoxy groups -OCH3 is 1. The van der Waals surface area contributed by atoms with Crippen LogP contribution in [0.15, 0.2) is 22.2 Å². The highest BCUT2D eigenvalue weighted by atomic mass is 79.9. The van der Waals surface area contributed by atoms with Crippen molar-refractivity contribution in [1.82, 2.24) is 9.97 Å². The monoisotopic (exact) mass is 417 g/mol. The quantitative estimate of drug-likeness (QED) is 0.709. The zero-order valence-corrected chi connectivity index (χ0v) is 15.3. The minimum Gasteiger partial charge on any atom is -0.495 e. The van der Waals surface area contributed by atoms with Gasteiger partial charge in [0.25, 0.3) is 0 Å². The van der Waals surface area contributed by atoms with Gasteiger partial charge in [0.15, 0.2) is 0 Å². The summed E-state index contributed by atoms with van der Waals surface area (Å²) in [5.41, 5.74) is 0. The van der Waals surface area contributed by atoms with E-state index < -0.39 is 0 Å². The van der Waals surface area contributed by atoms with Gasteiger partial charge in [-0.1, -0.05) is 11.6 Å². The third kappa shape index (κ3) is 3.76. The normalized spacial score (nSPS) is 17.3. The van der Waals surface area contributed by atoms with Gasteiger partial charge in [-0.25, -0.2) is 9.78 Å². The zero-order valence-electron chi connectivity index (χ0n) is 12.2. The first-order chi connectivity index (χ1) is 11.1. The molecule has 0 aliphatic carbocycles. The Hall–Kier alpha value is -1.38. The van der Waals surface area contributed by atoms with Gasteiger partial charge in [-0.3, -0.25) is 4.98 Å². The van der Waals surface area contributed by atoms with Crippen LogP contribution in [0, 0.1) is 0 Å². The third-order valence-corrected chi connectivity index (χ3v) is 5.36. The lowest BCUT2D eigenvalue weighted by Crippen LogP contribution is -2.25. The summed E-state index contributed by atoms with van der Waals surface area (Å²) >= 11 is 10.5. The highest BCUT2D eigenvalue weighted by Gasteiger charge is 2.28. The second-order valence-electron chi connectivity index (χ2n) is 4.91. The van der Waals surface area contributed by atoms with E-state index in [0.717, 1.165) is 16.8 Å². The molecule has 0 saturated carbocycles. The molecule has 6 nitrogen and oxygen atoms in total. The smallest absolute Gasteiger partial charge is 0.348 e. The van der Waals surface area contributed by atoms with Gasteiger partial charge in [0, 0.05) is 19.0 Å². The molecule has 2 aromatic rings. The van der Waals surface area contributed by atoms with Gasteiger partial charge in [0.1, 0.15) is 31.5 Å². The molecule has 1 saturated heterocycles. The molecule has 0 aromatic carbocycles. The molecule has 122 valence electrons. The predicted octanol–water partition coefficient (Wildman–Crippen LogP) is 3.40. The van der Waals surface area contributed by atoms with E-state index in [1.165, 1.54) is 17.5 Å². The minimum atomic E-state index is -0.344. The summed E-state index contributed by atoms with van der Waals surface area (Å²) in [6.45, 7) is 1.31. The Morgan fingerprint density at radius 2 is 2.35 bits per heavy atom. The molecule has 3 heterocycles. The van der Waals surface area contributed by atoms with Crippen LogP contribution in [-0.4, -0.2) is 42.2 Å². The van der Waals surface area contributed by atoms with Crippen molar-refractivity contribution in [2.45, 2.75) is 12.5 Å². The third-order valence-electron chi connectivity index (χ3n) is 3.41. The van der Waals surface area contributed by atoms with Crippen LogP contribution in [0.3, 0.4) is 0 Å². The second-order valence-corrected chi connectivity index (χ2v) is 7.67. The number of ether oxygens (including phenoxy) is 2. The molecule has 0 amide bonds. The van der Waals surface area contributed by atoms with Crippen molar-refractivity contribution in [3.05, 3.63) is 32.3 Å². The Balaban J connectivity index is 1.62. The van der Waals surface area contributed by atoms with Crippen LogP contribution in [0.1, 0.15) is 16.1 Å². The summed E-state index contributed by atoms with van der Waals surface area (Å²) in [6, 6.07) is 1.67. The average molecular weight is 419 g/mol. The van der Waals surface area contributed by atoms with E-state index in [0.29, 0.717) is 28.1 Å². The lowest BCUT2D eigenvalue weighted by atomic mass is 10.3. The van der Waals surface area contributed by atoms with Gasteiger partial charge in [-0.2, -0.15) is 0 Å². The number of esters is 1. The zero-order chi connectivity index (χ0) is 16.4. The Labute approximate surface area is 150 Å². The van der Waals surface area contributed by atoms with Crippen molar-refractivity contribution in [3.63, 3.8) is 0 Å². The number of thiophene rings is 1. The first kappa shape index (κ1) is 16.5. The lowest BCUT2D eigenvalue weighted by Gasteiger charge is -2.16. The van der Waals surface area contributed by atoms with E-state index in [9.17, 15) is 4.79 Å². The molecule has 0 spiro atoms. The summed E-state index contributed by atoms with van der Waals surface area (Å²) in [7, 11) is 1.56. The van der Waals surface area contributed by atoms with Gasteiger partial charge in [-0.05, 0) is 15.9 Å². The predicted molar refractivity (Wildman–Crippen MR) is 91.6 cm³/mol. The lowest BCUT2D eigenvalue weighted by molar-refractivity contribution is 0.0353. The summed E-state index contributed by atoms with van der Waals surface area (Å²) in [4.78, 5) is 23.0. The van der Waals surface area contributed by atoms with Gasteiger partial charge in [-0.15, -0.1) is 11.3 Å². The molecule has 9 heteroatoms. The molecule has 0 N–H and O–H groups in total. The first-order valence-electron chi connectivity index (χ1n) is 6.83. The minimum absolute atomic E-state index is 0.185. The molecule has 1 atom stereocenters. The number of hydrogen-bond acceptors (Lipinski definition) is 7. The molecule has 0 unspecified atom stereocenters. The van der Waals surface area contributed by atoms with E-state index in [1.54, 1.807) is 19.4 Å². The molecule has 3 rings (SSSR count). The average Bonchev–Trinajstić information content (AvgIpc) is 3.14. The van der Waals surface area contributed by atoms with Crippen LogP contribution in [-0.2, 0) is 4.74 Å². The summed E-state index contributed by atoms with van der Waals surface area (Å²) in [5, 5.41) is 0.346. The number of anilines is 1. The highest BCUT2D eigenvalue weighted by Crippen LogP contribution is 2.35. The van der Waals surface area contributed by atoms with Crippen LogP contribution < -0.4 is 9.64 Å². The van der Waals surface area contributed by atoms with Gasteiger partial charge in [0.2, 0.25) is 0 Å². The van der Waals surface area contributed by atoms with E-state index in [2.05, 4.69) is 25.9 Å². The molecule has 1 aliphatic rings. The molecule has 2 aromatic heterocycles. The van der Waals surface area contributed by atoms with E-state index in [-0.39, 0.29) is 12.1 Å². The number of nitrogens with zero attached hydrogens (tertiary/aromatic N) is 3. The second kappa shape index (κ2) is 7.02. The molecule has 0 bridgehead atoms. The molecule has 0 radical (unpaired) electrons. The Morgan fingerprint density at radius 3 is 3.04 bits per heavy atom. The highest BCUT2D eigenvalue weighted by molar-refractivity contribution is 9.11. The van der Waals surface area contributed by atoms with Crippen LogP contribution >= 0.6 is 38.9 Å². The van der Waals surface area contributed by atoms with Crippen molar-refractivity contribution in [1.29, 1.82) is 0 Å². The number of rotatable bonds is 4. The molecule has 23 heavy (non-hydrogen) atoms. The Bertz CT molecular complexity index is 727. The molecule has 1 fully saturated rings. The van der Waals surface area contributed by atoms with E-state index in [1.807, 2.05) is 4.90 Å². The molecule has 1 aliphatic heterocycles. The van der Waals surface area contributed by atoms with E-state index >= 15 is 0 Å². The Kier molecular flexibility index (Phi) is 5.03. The Morgan fingerprint density at radius 1 is 1.52 bits per heavy atom. The first-order valence-corrected chi connectivity index (χ1v) is 8.82. The molecular weight excluding hydrogens is 406 g/mol. The number of carbonyl (C=O) groups excluding carboxylic acids is 1. The van der Waals surface area contributed by atoms with E-state index in [4.69, 9.17) is 21.1 Å². The topological polar surface area (TPSA) is 64.6 Å². The standard InChI is InChI=1S/C14H13BrClN3O3S/c1-21-9-4-10(23-13(9)15)14(20)22-8-2-3-19(7-8)12-6-17-5-11(16)18-12/h4-6,8H,2-3,7H2,1H3/t8-/m0/s1. The number of aromatic nitrogens is 2. The van der Waals surface area contributed by atoms with Crippen molar-refractivity contribution in [2.24, 2.45) is 0 Å². The van der Waals surface area contributed by atoms with Crippen molar-refractivity contribution in [3.8, 4) is 5.75 Å². The maximum Gasteiger partial charge on any atom is 0.348 e. The van der Waals surface area contributed by atoms with Crippen molar-refractivity contribution in [2.75, 3.05) is 25.1 Å².